The van der Waals surface area contributed by atoms with Crippen LogP contribution in [-0.4, -0.2) is 12.6 Å². The van der Waals surface area contributed by atoms with Crippen LogP contribution in [0.1, 0.15) is 59.8 Å². The fourth-order valence-corrected chi connectivity index (χ4v) is 3.25. The molecule has 1 heteroatoms. The molecule has 1 rings (SSSR count). The summed E-state index contributed by atoms with van der Waals surface area (Å²) in [7, 11) is 0. The number of rotatable bonds is 6. The van der Waals surface area contributed by atoms with E-state index in [1.165, 1.54) is 32.2 Å². The fourth-order valence-electron chi connectivity index (χ4n) is 3.25. The van der Waals surface area contributed by atoms with Crippen molar-refractivity contribution in [1.82, 2.24) is 5.32 Å². The molecule has 3 unspecified atom stereocenters. The maximum atomic E-state index is 5.44. The van der Waals surface area contributed by atoms with Gasteiger partial charge in [0.15, 0.2) is 0 Å². The average Bonchev–Trinajstić information content (AvgIpc) is 2.33. The Bertz CT molecular complexity index is 261. The fraction of sp³-hybridized carbons (Fsp3) is 0.882. The maximum Gasteiger partial charge on any atom is 0.00888 e. The molecule has 1 aliphatic rings. The van der Waals surface area contributed by atoms with E-state index in [-0.39, 0.29) is 0 Å². The molecule has 0 heterocycles. The Morgan fingerprint density at radius 2 is 1.89 bits per heavy atom. The van der Waals surface area contributed by atoms with Gasteiger partial charge in [-0.1, -0.05) is 27.7 Å². The molecule has 1 N–H and O–H groups in total. The summed E-state index contributed by atoms with van der Waals surface area (Å²) in [5.74, 6) is 6.26. The van der Waals surface area contributed by atoms with Crippen LogP contribution in [0.25, 0.3) is 0 Å². The van der Waals surface area contributed by atoms with Crippen LogP contribution >= 0.6 is 0 Å². The van der Waals surface area contributed by atoms with Crippen LogP contribution in [-0.2, 0) is 0 Å². The molecule has 0 aliphatic heterocycles. The molecule has 1 fully saturated rings. The van der Waals surface area contributed by atoms with Gasteiger partial charge in [0.2, 0.25) is 0 Å². The van der Waals surface area contributed by atoms with Gasteiger partial charge in [-0.2, -0.15) is 0 Å². The Morgan fingerprint density at radius 1 is 1.17 bits per heavy atom. The third kappa shape index (κ3) is 5.02. The summed E-state index contributed by atoms with van der Waals surface area (Å²) in [5, 5.41) is 3.61. The summed E-state index contributed by atoms with van der Waals surface area (Å²) in [6, 6.07) is 0.598. The van der Waals surface area contributed by atoms with E-state index >= 15 is 0 Å². The van der Waals surface area contributed by atoms with Crippen LogP contribution in [0.15, 0.2) is 0 Å². The lowest BCUT2D eigenvalue weighted by Crippen LogP contribution is -2.36. The van der Waals surface area contributed by atoms with Crippen LogP contribution < -0.4 is 5.32 Å². The van der Waals surface area contributed by atoms with E-state index in [1.807, 2.05) is 0 Å². The lowest BCUT2D eigenvalue weighted by Gasteiger charge is -2.38. The van der Waals surface area contributed by atoms with Crippen molar-refractivity contribution >= 4 is 0 Å². The van der Waals surface area contributed by atoms with Gasteiger partial charge in [-0.15, -0.1) is 12.3 Å². The predicted octanol–water partition coefficient (Wildman–Crippen LogP) is 4.09. The Kier molecular flexibility index (Phi) is 6.79. The number of hydrogen-bond donors (Lipinski definition) is 1. The first kappa shape index (κ1) is 15.6. The molecular weight excluding hydrogens is 218 g/mol. The molecule has 0 spiro atoms. The summed E-state index contributed by atoms with van der Waals surface area (Å²) < 4.78 is 0. The Hall–Kier alpha value is -0.480. The summed E-state index contributed by atoms with van der Waals surface area (Å²) in [6.07, 6.45) is 11.8. The van der Waals surface area contributed by atoms with Gasteiger partial charge >= 0.3 is 0 Å². The molecule has 18 heavy (non-hydrogen) atoms. The minimum atomic E-state index is 0.598. The van der Waals surface area contributed by atoms with Crippen molar-refractivity contribution < 1.29 is 0 Å². The SMILES string of the molecule is C#CCCC1CC(C(C)C)CCC1CNC(C)C. The van der Waals surface area contributed by atoms with Crippen molar-refractivity contribution in [1.29, 1.82) is 0 Å². The monoisotopic (exact) mass is 249 g/mol. The van der Waals surface area contributed by atoms with Crippen LogP contribution in [0.3, 0.4) is 0 Å². The van der Waals surface area contributed by atoms with E-state index in [9.17, 15) is 0 Å². The molecule has 0 saturated heterocycles. The zero-order chi connectivity index (χ0) is 13.5. The average molecular weight is 249 g/mol. The second kappa shape index (κ2) is 7.85. The van der Waals surface area contributed by atoms with E-state index in [2.05, 4.69) is 38.9 Å². The highest BCUT2D eigenvalue weighted by molar-refractivity contribution is 4.89. The first-order chi connectivity index (χ1) is 8.54. The third-order valence-corrected chi connectivity index (χ3v) is 4.57. The second-order valence-corrected chi connectivity index (χ2v) is 6.64. The molecule has 0 aromatic heterocycles. The van der Waals surface area contributed by atoms with Crippen LogP contribution in [0, 0.1) is 36.0 Å². The normalized spacial score (nSPS) is 28.6. The third-order valence-electron chi connectivity index (χ3n) is 4.57. The molecule has 104 valence electrons. The van der Waals surface area contributed by atoms with Crippen LogP contribution in [0.2, 0.25) is 0 Å². The Morgan fingerprint density at radius 3 is 2.44 bits per heavy atom. The van der Waals surface area contributed by atoms with Gasteiger partial charge in [0.25, 0.3) is 0 Å². The molecule has 3 atom stereocenters. The van der Waals surface area contributed by atoms with E-state index < -0.39 is 0 Å². The smallest absolute Gasteiger partial charge is 0.00888 e. The molecule has 1 saturated carbocycles. The highest BCUT2D eigenvalue weighted by Gasteiger charge is 2.31. The largest absolute Gasteiger partial charge is 0.314 e. The Labute approximate surface area is 114 Å². The van der Waals surface area contributed by atoms with Crippen molar-refractivity contribution in [2.45, 2.75) is 65.8 Å². The summed E-state index contributed by atoms with van der Waals surface area (Å²) in [5.41, 5.74) is 0. The van der Waals surface area contributed by atoms with E-state index in [1.54, 1.807) is 0 Å². The quantitative estimate of drug-likeness (QED) is 0.699. The van der Waals surface area contributed by atoms with Crippen molar-refractivity contribution in [3.05, 3.63) is 0 Å². The minimum absolute atomic E-state index is 0.598. The summed E-state index contributed by atoms with van der Waals surface area (Å²) in [6.45, 7) is 10.4. The number of nitrogens with one attached hydrogen (secondary N) is 1. The van der Waals surface area contributed by atoms with E-state index in [4.69, 9.17) is 6.42 Å². The van der Waals surface area contributed by atoms with Gasteiger partial charge in [0.1, 0.15) is 0 Å². The maximum absolute atomic E-state index is 5.44. The topological polar surface area (TPSA) is 12.0 Å². The van der Waals surface area contributed by atoms with Crippen molar-refractivity contribution in [2.24, 2.45) is 23.7 Å². The lowest BCUT2D eigenvalue weighted by molar-refractivity contribution is 0.137. The van der Waals surface area contributed by atoms with Crippen molar-refractivity contribution in [3.63, 3.8) is 0 Å². The highest BCUT2D eigenvalue weighted by atomic mass is 14.9. The zero-order valence-corrected chi connectivity index (χ0v) is 12.7. The molecule has 0 bridgehead atoms. The van der Waals surface area contributed by atoms with Gasteiger partial charge in [0, 0.05) is 12.5 Å². The molecule has 0 amide bonds. The van der Waals surface area contributed by atoms with Gasteiger partial charge in [-0.05, 0) is 55.9 Å². The molecular formula is C17H31N. The first-order valence-electron chi connectivity index (χ1n) is 7.71. The second-order valence-electron chi connectivity index (χ2n) is 6.64. The number of terminal acetylenes is 1. The van der Waals surface area contributed by atoms with Crippen molar-refractivity contribution in [3.8, 4) is 12.3 Å². The highest BCUT2D eigenvalue weighted by Crippen LogP contribution is 2.39. The van der Waals surface area contributed by atoms with Gasteiger partial charge in [0.05, 0.1) is 0 Å². The standard InChI is InChI=1S/C17H31N/c1-6-7-8-16-11-15(13(2)3)9-10-17(16)12-18-14(4)5/h1,13-18H,7-12H2,2-5H3. The van der Waals surface area contributed by atoms with Gasteiger partial charge in [-0.3, -0.25) is 0 Å². The lowest BCUT2D eigenvalue weighted by atomic mass is 9.69. The molecule has 0 aromatic rings. The molecule has 1 nitrogen and oxygen atoms in total. The summed E-state index contributed by atoms with van der Waals surface area (Å²) >= 11 is 0. The first-order valence-corrected chi connectivity index (χ1v) is 7.71. The summed E-state index contributed by atoms with van der Waals surface area (Å²) in [4.78, 5) is 0. The predicted molar refractivity (Wildman–Crippen MR) is 80.4 cm³/mol. The minimum Gasteiger partial charge on any atom is -0.314 e. The number of hydrogen-bond acceptors (Lipinski definition) is 1. The van der Waals surface area contributed by atoms with Crippen LogP contribution in [0.5, 0.6) is 0 Å². The Balaban J connectivity index is 2.51. The van der Waals surface area contributed by atoms with Crippen molar-refractivity contribution in [2.75, 3.05) is 6.54 Å². The molecule has 1 aliphatic carbocycles. The molecule has 0 radical (unpaired) electrons. The van der Waals surface area contributed by atoms with E-state index in [0.29, 0.717) is 6.04 Å². The van der Waals surface area contributed by atoms with Gasteiger partial charge in [-0.25, -0.2) is 0 Å². The zero-order valence-electron chi connectivity index (χ0n) is 12.7. The van der Waals surface area contributed by atoms with Crippen LogP contribution in [0.4, 0.5) is 0 Å². The van der Waals surface area contributed by atoms with Gasteiger partial charge < -0.3 is 5.32 Å². The van der Waals surface area contributed by atoms with E-state index in [0.717, 1.165) is 30.1 Å². The molecule has 0 aromatic carbocycles.